The highest BCUT2D eigenvalue weighted by molar-refractivity contribution is 14.1. The van der Waals surface area contributed by atoms with Crippen LogP contribution in [-0.4, -0.2) is 39.3 Å². The zero-order valence-electron chi connectivity index (χ0n) is 19.2. The minimum Gasteiger partial charge on any atom is -0.381 e. The Kier molecular flexibility index (Phi) is 6.39. The van der Waals surface area contributed by atoms with Crippen LogP contribution < -0.4 is 10.6 Å². The maximum absolute atomic E-state index is 13.0. The highest BCUT2D eigenvalue weighted by Gasteiger charge is 2.64. The Morgan fingerprint density at radius 3 is 2.61 bits per heavy atom. The number of anilines is 1. The fraction of sp³-hybridized carbons (Fsp3) is 0.423. The van der Waals surface area contributed by atoms with Crippen LogP contribution in [0.25, 0.3) is 0 Å². The van der Waals surface area contributed by atoms with Gasteiger partial charge in [0.1, 0.15) is 5.60 Å². The Hall–Kier alpha value is -2.26. The third-order valence-electron chi connectivity index (χ3n) is 7.29. The van der Waals surface area contributed by atoms with Crippen molar-refractivity contribution in [3.63, 3.8) is 0 Å². The molecule has 174 valence electrons. The van der Waals surface area contributed by atoms with E-state index in [1.165, 1.54) is 0 Å². The number of rotatable bonds is 7. The van der Waals surface area contributed by atoms with E-state index >= 15 is 0 Å². The second-order valence-corrected chi connectivity index (χ2v) is 10.1. The van der Waals surface area contributed by atoms with E-state index in [0.717, 1.165) is 48.0 Å². The van der Waals surface area contributed by atoms with Gasteiger partial charge in [0, 0.05) is 28.8 Å². The maximum Gasteiger partial charge on any atom is 0.251 e. The number of nitrogens with one attached hydrogen (secondary N) is 2. The summed E-state index contributed by atoms with van der Waals surface area (Å²) in [6.07, 6.45) is 5.08. The predicted octanol–water partition coefficient (Wildman–Crippen LogP) is 4.26. The number of carbonyl (C=O) groups excluding carboxylic acids is 3. The van der Waals surface area contributed by atoms with Gasteiger partial charge in [0.05, 0.1) is 4.43 Å². The molecular formula is C26H29IN2O4. The lowest BCUT2D eigenvalue weighted by Gasteiger charge is -2.39. The van der Waals surface area contributed by atoms with Crippen LogP contribution in [0.5, 0.6) is 0 Å². The van der Waals surface area contributed by atoms with Crippen molar-refractivity contribution in [2.75, 3.05) is 16.3 Å². The number of amides is 2. The Morgan fingerprint density at radius 2 is 1.94 bits per heavy atom. The summed E-state index contributed by atoms with van der Waals surface area (Å²) in [6, 6.07) is 6.89. The van der Waals surface area contributed by atoms with Gasteiger partial charge in [0.15, 0.2) is 5.78 Å². The first kappa shape index (κ1) is 23.9. The van der Waals surface area contributed by atoms with Crippen LogP contribution in [-0.2, 0) is 9.59 Å². The Bertz CT molecular complexity index is 1140. The van der Waals surface area contributed by atoms with Crippen molar-refractivity contribution in [2.24, 2.45) is 5.41 Å². The minimum atomic E-state index is -1.33. The van der Waals surface area contributed by atoms with Crippen molar-refractivity contribution in [3.05, 3.63) is 63.8 Å². The second-order valence-electron chi connectivity index (χ2n) is 9.33. The molecule has 3 aliphatic rings. The van der Waals surface area contributed by atoms with Crippen molar-refractivity contribution in [1.29, 1.82) is 0 Å². The van der Waals surface area contributed by atoms with Gasteiger partial charge in [0.25, 0.3) is 5.91 Å². The highest BCUT2D eigenvalue weighted by Crippen LogP contribution is 2.65. The van der Waals surface area contributed by atoms with Gasteiger partial charge in [-0.1, -0.05) is 34.2 Å². The van der Waals surface area contributed by atoms with Crippen molar-refractivity contribution in [3.8, 4) is 0 Å². The smallest absolute Gasteiger partial charge is 0.251 e. The van der Waals surface area contributed by atoms with E-state index in [9.17, 15) is 19.5 Å². The minimum absolute atomic E-state index is 0.110. The standard InChI is InChI=1S/C26H29IN2O4/c1-15-12-20-22(16(2)26(9-10-26)25(3,33)23(20)31)19(15)8-5-11-28-24(32)17-6-4-7-18(13-17)29-21(30)14-27/h4,6-7,12-13,33H,5,8-11,14H2,1-3H3,(H,28,32)(H,29,30)/t25-/m0/s1. The quantitative estimate of drug-likeness (QED) is 0.264. The molecule has 0 unspecified atom stereocenters. The summed E-state index contributed by atoms with van der Waals surface area (Å²) < 4.78 is 0.347. The summed E-state index contributed by atoms with van der Waals surface area (Å²) in [6.45, 7) is 6.23. The molecule has 4 rings (SSSR count). The predicted molar refractivity (Wildman–Crippen MR) is 136 cm³/mol. The lowest BCUT2D eigenvalue weighted by atomic mass is 9.67. The highest BCUT2D eigenvalue weighted by atomic mass is 127. The van der Waals surface area contributed by atoms with Crippen LogP contribution in [0.4, 0.5) is 5.69 Å². The molecular weight excluding hydrogens is 531 g/mol. The molecule has 0 heterocycles. The van der Waals surface area contributed by atoms with Crippen LogP contribution >= 0.6 is 22.6 Å². The van der Waals surface area contributed by atoms with Crippen molar-refractivity contribution in [1.82, 2.24) is 5.32 Å². The number of allylic oxidation sites excluding steroid dienone is 4. The summed E-state index contributed by atoms with van der Waals surface area (Å²) in [4.78, 5) is 37.2. The summed E-state index contributed by atoms with van der Waals surface area (Å²) in [5.41, 5.74) is 4.34. The topological polar surface area (TPSA) is 95.5 Å². The SMILES string of the molecule is CC1=C(CCCNC(=O)c2cccc(NC(=O)CI)c2)C2=C(C)C3(CC3)[C@@](C)(O)C(=O)C2=C1. The van der Waals surface area contributed by atoms with Crippen molar-refractivity contribution < 1.29 is 19.5 Å². The average molecular weight is 560 g/mol. The fourth-order valence-electron chi connectivity index (χ4n) is 5.24. The average Bonchev–Trinajstić information content (AvgIpc) is 3.54. The zero-order valence-corrected chi connectivity index (χ0v) is 21.3. The fourth-order valence-corrected chi connectivity index (χ4v) is 5.43. The van der Waals surface area contributed by atoms with Gasteiger partial charge in [-0.05, 0) is 87.4 Å². The molecule has 6 nitrogen and oxygen atoms in total. The largest absolute Gasteiger partial charge is 0.381 e. The molecule has 0 aromatic heterocycles. The van der Waals surface area contributed by atoms with E-state index in [4.69, 9.17) is 0 Å². The van der Waals surface area contributed by atoms with Crippen LogP contribution in [0.1, 0.15) is 56.8 Å². The molecule has 0 radical (unpaired) electrons. The monoisotopic (exact) mass is 560 g/mol. The number of benzene rings is 1. The van der Waals surface area contributed by atoms with Gasteiger partial charge in [-0.15, -0.1) is 0 Å². The number of ketones is 1. The van der Waals surface area contributed by atoms with Crippen LogP contribution in [0.2, 0.25) is 0 Å². The number of alkyl halides is 1. The molecule has 1 atom stereocenters. The summed E-state index contributed by atoms with van der Waals surface area (Å²) in [5.74, 6) is -0.466. The van der Waals surface area contributed by atoms with Crippen molar-refractivity contribution >= 4 is 45.9 Å². The lowest BCUT2D eigenvalue weighted by molar-refractivity contribution is -0.137. The molecule has 1 aromatic rings. The molecule has 0 bridgehead atoms. The summed E-state index contributed by atoms with van der Waals surface area (Å²) >= 11 is 1.99. The number of carbonyl (C=O) groups is 3. The van der Waals surface area contributed by atoms with E-state index in [1.807, 2.05) is 35.6 Å². The van der Waals surface area contributed by atoms with E-state index in [0.29, 0.717) is 27.8 Å². The molecule has 3 aliphatic carbocycles. The second kappa shape index (κ2) is 8.83. The van der Waals surface area contributed by atoms with Gasteiger partial charge in [-0.2, -0.15) is 0 Å². The Balaban J connectivity index is 1.39. The lowest BCUT2D eigenvalue weighted by Crippen LogP contribution is -2.49. The number of halogens is 1. The first-order valence-electron chi connectivity index (χ1n) is 11.3. The summed E-state index contributed by atoms with van der Waals surface area (Å²) in [7, 11) is 0. The first-order chi connectivity index (χ1) is 15.6. The maximum atomic E-state index is 13.0. The van der Waals surface area contributed by atoms with Gasteiger partial charge in [-0.3, -0.25) is 14.4 Å². The van der Waals surface area contributed by atoms with E-state index in [-0.39, 0.29) is 17.6 Å². The third-order valence-corrected chi connectivity index (χ3v) is 7.98. The van der Waals surface area contributed by atoms with E-state index in [2.05, 4.69) is 17.6 Å². The molecule has 1 spiro atoms. The molecule has 2 amide bonds. The van der Waals surface area contributed by atoms with Crippen LogP contribution in [0.3, 0.4) is 0 Å². The molecule has 33 heavy (non-hydrogen) atoms. The Labute approximate surface area is 207 Å². The molecule has 0 saturated heterocycles. The summed E-state index contributed by atoms with van der Waals surface area (Å²) in [5, 5.41) is 16.7. The molecule has 1 saturated carbocycles. The number of aliphatic hydroxyl groups is 1. The molecule has 0 aliphatic heterocycles. The normalized spacial score (nSPS) is 22.9. The molecule has 7 heteroatoms. The number of Topliss-reactive ketones (excluding diaryl/α,β-unsaturated/α-hetero) is 1. The van der Waals surface area contributed by atoms with E-state index in [1.54, 1.807) is 31.2 Å². The van der Waals surface area contributed by atoms with Gasteiger partial charge in [0.2, 0.25) is 5.91 Å². The van der Waals surface area contributed by atoms with E-state index < -0.39 is 11.0 Å². The van der Waals surface area contributed by atoms with Gasteiger partial charge >= 0.3 is 0 Å². The third kappa shape index (κ3) is 4.10. The van der Waals surface area contributed by atoms with Crippen LogP contribution in [0, 0.1) is 5.41 Å². The molecule has 3 N–H and O–H groups in total. The number of fused-ring (bicyclic) bond motifs is 1. The first-order valence-corrected chi connectivity index (χ1v) is 12.8. The number of hydrogen-bond donors (Lipinski definition) is 3. The zero-order chi connectivity index (χ0) is 24.0. The number of hydrogen-bond acceptors (Lipinski definition) is 4. The van der Waals surface area contributed by atoms with Crippen LogP contribution in [0.15, 0.2) is 58.2 Å². The van der Waals surface area contributed by atoms with Crippen molar-refractivity contribution in [2.45, 2.75) is 52.1 Å². The van der Waals surface area contributed by atoms with Gasteiger partial charge in [-0.25, -0.2) is 0 Å². The van der Waals surface area contributed by atoms with Gasteiger partial charge < -0.3 is 15.7 Å². The molecule has 1 fully saturated rings. The molecule has 1 aromatic carbocycles. The Morgan fingerprint density at radius 1 is 1.21 bits per heavy atom.